The van der Waals surface area contributed by atoms with Gasteiger partial charge in [-0.25, -0.2) is 0 Å². The Balaban J connectivity index is 1.46. The van der Waals surface area contributed by atoms with Gasteiger partial charge >= 0.3 is 0 Å². The zero-order valence-corrected chi connectivity index (χ0v) is 28.2. The predicted octanol–water partition coefficient (Wildman–Crippen LogP) is 13.1. The van der Waals surface area contributed by atoms with E-state index in [1.54, 1.807) is 11.1 Å². The van der Waals surface area contributed by atoms with E-state index in [4.69, 9.17) is 0 Å². The first-order valence-corrected chi connectivity index (χ1v) is 18.4. The van der Waals surface area contributed by atoms with E-state index in [1.165, 1.54) is 149 Å². The van der Waals surface area contributed by atoms with Crippen LogP contribution < -0.4 is 0 Å². The lowest BCUT2D eigenvalue weighted by Gasteiger charge is -2.33. The van der Waals surface area contributed by atoms with Gasteiger partial charge in [0.25, 0.3) is 0 Å². The topological polar surface area (TPSA) is 25.8 Å². The van der Waals surface area contributed by atoms with Gasteiger partial charge in [-0.1, -0.05) is 141 Å². The van der Waals surface area contributed by atoms with Crippen molar-refractivity contribution < 1.29 is 0 Å². The van der Waals surface area contributed by atoms with E-state index in [-0.39, 0.29) is 5.41 Å². The monoisotopic (exact) mass is 600 g/mol. The van der Waals surface area contributed by atoms with Gasteiger partial charge in [0.1, 0.15) is 0 Å². The van der Waals surface area contributed by atoms with E-state index in [1.807, 2.05) is 24.8 Å². The number of rotatable bonds is 20. The minimum Gasteiger partial charge on any atom is -0.265 e. The van der Waals surface area contributed by atoms with Gasteiger partial charge in [-0.3, -0.25) is 9.97 Å². The molecular weight excluding hydrogens is 544 g/mol. The van der Waals surface area contributed by atoms with Crippen molar-refractivity contribution in [1.82, 2.24) is 9.97 Å². The summed E-state index contributed by atoms with van der Waals surface area (Å²) in [5, 5.41) is 0. The van der Waals surface area contributed by atoms with Crippen molar-refractivity contribution in [1.29, 1.82) is 0 Å². The molecule has 0 atom stereocenters. The molecule has 0 amide bonds. The Kier molecular flexibility index (Phi) is 12.8. The zero-order valence-electron chi connectivity index (χ0n) is 28.2. The van der Waals surface area contributed by atoms with Crippen molar-refractivity contribution in [2.24, 2.45) is 0 Å². The summed E-state index contributed by atoms with van der Waals surface area (Å²) < 4.78 is 0. The van der Waals surface area contributed by atoms with E-state index < -0.39 is 0 Å². The number of benzene rings is 2. The molecule has 0 aliphatic heterocycles. The third kappa shape index (κ3) is 8.51. The zero-order chi connectivity index (χ0) is 31.2. The molecule has 2 aromatic heterocycles. The molecule has 0 N–H and O–H groups in total. The normalized spacial score (nSPS) is 13.1. The van der Waals surface area contributed by atoms with Crippen LogP contribution in [0.25, 0.3) is 33.4 Å². The summed E-state index contributed by atoms with van der Waals surface area (Å²) in [6.45, 7) is 4.62. The lowest BCUT2D eigenvalue weighted by Crippen LogP contribution is -2.25. The van der Waals surface area contributed by atoms with E-state index >= 15 is 0 Å². The summed E-state index contributed by atoms with van der Waals surface area (Å²) in [6, 6.07) is 23.2. The molecule has 2 heteroatoms. The number of pyridine rings is 2. The van der Waals surface area contributed by atoms with Gasteiger partial charge in [-0.2, -0.15) is 0 Å². The minimum absolute atomic E-state index is 0.0567. The molecule has 238 valence electrons. The first-order chi connectivity index (χ1) is 22.3. The maximum absolute atomic E-state index is 4.30. The second-order valence-corrected chi connectivity index (χ2v) is 13.5. The Morgan fingerprint density at radius 1 is 0.400 bits per heavy atom. The maximum atomic E-state index is 4.30. The number of nitrogens with zero attached hydrogens (tertiary/aromatic N) is 2. The fourth-order valence-electron chi connectivity index (χ4n) is 7.73. The molecule has 45 heavy (non-hydrogen) atoms. The van der Waals surface area contributed by atoms with Gasteiger partial charge in [-0.05, 0) is 93.7 Å². The van der Waals surface area contributed by atoms with Crippen LogP contribution in [0.15, 0.2) is 85.5 Å². The summed E-state index contributed by atoms with van der Waals surface area (Å²) in [5.74, 6) is 0. The van der Waals surface area contributed by atoms with Crippen molar-refractivity contribution in [3.63, 3.8) is 0 Å². The van der Waals surface area contributed by atoms with E-state index in [9.17, 15) is 0 Å². The Morgan fingerprint density at radius 3 is 1.13 bits per heavy atom. The molecule has 4 aromatic rings. The highest BCUT2D eigenvalue weighted by molar-refractivity contribution is 5.86. The third-order valence-electron chi connectivity index (χ3n) is 10.3. The van der Waals surface area contributed by atoms with Crippen molar-refractivity contribution in [2.75, 3.05) is 0 Å². The fourth-order valence-corrected chi connectivity index (χ4v) is 7.73. The highest BCUT2D eigenvalue weighted by Gasteiger charge is 2.42. The Bertz CT molecular complexity index is 1310. The van der Waals surface area contributed by atoms with E-state index in [0.717, 1.165) is 0 Å². The number of aromatic nitrogens is 2. The third-order valence-corrected chi connectivity index (χ3v) is 10.3. The van der Waals surface area contributed by atoms with Crippen LogP contribution in [-0.2, 0) is 5.41 Å². The smallest absolute Gasteiger partial charge is 0.0273 e. The molecule has 0 saturated heterocycles. The maximum Gasteiger partial charge on any atom is 0.0273 e. The van der Waals surface area contributed by atoms with Gasteiger partial charge in [-0.15, -0.1) is 0 Å². The molecule has 2 aromatic carbocycles. The average molecular weight is 601 g/mol. The van der Waals surface area contributed by atoms with Gasteiger partial charge in [0.2, 0.25) is 0 Å². The highest BCUT2D eigenvalue weighted by atomic mass is 14.6. The van der Waals surface area contributed by atoms with E-state index in [2.05, 4.69) is 84.5 Å². The molecule has 2 nitrogen and oxygen atoms in total. The van der Waals surface area contributed by atoms with Gasteiger partial charge in [0.05, 0.1) is 0 Å². The average Bonchev–Trinajstić information content (AvgIpc) is 3.36. The standard InChI is InChI=1S/C43H56N2/c1-3-5-7-9-11-13-15-17-27-43(28-18-16-14-12-10-8-6-4-2)41-33-37(35-23-29-44-30-24-35)19-21-39(41)40-22-20-38(34-42(40)43)36-25-31-45-32-26-36/h19-26,29-34H,3-18,27-28H2,1-2H3. The van der Waals surface area contributed by atoms with Crippen LogP contribution in [0.5, 0.6) is 0 Å². The second kappa shape index (κ2) is 17.4. The van der Waals surface area contributed by atoms with Gasteiger partial charge in [0.15, 0.2) is 0 Å². The summed E-state index contributed by atoms with van der Waals surface area (Å²) in [5.41, 5.74) is 11.2. The largest absolute Gasteiger partial charge is 0.265 e. The van der Waals surface area contributed by atoms with Crippen LogP contribution in [0.4, 0.5) is 0 Å². The SMILES string of the molecule is CCCCCCCCCCC1(CCCCCCCCCC)c2cc(-c3ccncc3)ccc2-c2ccc(-c3ccncc3)cc21. The predicted molar refractivity (Wildman–Crippen MR) is 194 cm³/mol. The van der Waals surface area contributed by atoms with Crippen LogP contribution in [0.3, 0.4) is 0 Å². The molecule has 0 spiro atoms. The summed E-state index contributed by atoms with van der Waals surface area (Å²) in [6.07, 6.45) is 31.9. The van der Waals surface area contributed by atoms with Crippen molar-refractivity contribution in [3.8, 4) is 33.4 Å². The summed E-state index contributed by atoms with van der Waals surface area (Å²) in [7, 11) is 0. The summed E-state index contributed by atoms with van der Waals surface area (Å²) >= 11 is 0. The number of fused-ring (bicyclic) bond motifs is 3. The van der Waals surface area contributed by atoms with Crippen molar-refractivity contribution >= 4 is 0 Å². The molecule has 1 aliphatic rings. The first-order valence-electron chi connectivity index (χ1n) is 18.4. The number of hydrogen-bond acceptors (Lipinski definition) is 2. The van der Waals surface area contributed by atoms with Crippen LogP contribution >= 0.6 is 0 Å². The molecule has 1 aliphatic carbocycles. The molecule has 0 radical (unpaired) electrons. The molecular formula is C43H56N2. The highest BCUT2D eigenvalue weighted by Crippen LogP contribution is 2.55. The number of unbranched alkanes of at least 4 members (excludes halogenated alkanes) is 14. The summed E-state index contributed by atoms with van der Waals surface area (Å²) in [4.78, 5) is 8.60. The van der Waals surface area contributed by atoms with Crippen LogP contribution in [0, 0.1) is 0 Å². The lowest BCUT2D eigenvalue weighted by atomic mass is 9.70. The van der Waals surface area contributed by atoms with Crippen LogP contribution in [-0.4, -0.2) is 9.97 Å². The molecule has 0 saturated carbocycles. The Hall–Kier alpha value is -3.26. The molecule has 0 bridgehead atoms. The molecule has 5 rings (SSSR count). The lowest BCUT2D eigenvalue weighted by molar-refractivity contribution is 0.397. The van der Waals surface area contributed by atoms with Crippen molar-refractivity contribution in [3.05, 3.63) is 96.6 Å². The second-order valence-electron chi connectivity index (χ2n) is 13.5. The molecule has 2 heterocycles. The van der Waals surface area contributed by atoms with Crippen LogP contribution in [0.2, 0.25) is 0 Å². The molecule has 0 unspecified atom stereocenters. The quantitative estimate of drug-likeness (QED) is 0.0943. The van der Waals surface area contributed by atoms with Gasteiger partial charge < -0.3 is 0 Å². The Labute approximate surface area is 274 Å². The van der Waals surface area contributed by atoms with E-state index in [0.29, 0.717) is 0 Å². The first kappa shape index (κ1) is 33.1. The van der Waals surface area contributed by atoms with Gasteiger partial charge in [0, 0.05) is 30.2 Å². The van der Waals surface area contributed by atoms with Crippen LogP contribution in [0.1, 0.15) is 141 Å². The molecule has 0 fully saturated rings. The number of hydrogen-bond donors (Lipinski definition) is 0. The fraction of sp³-hybridized carbons (Fsp3) is 0.488. The minimum atomic E-state index is 0.0567. The van der Waals surface area contributed by atoms with Crippen molar-refractivity contribution in [2.45, 2.75) is 135 Å². The Morgan fingerprint density at radius 2 is 0.756 bits per heavy atom.